The molecule has 1 aliphatic carbocycles. The summed E-state index contributed by atoms with van der Waals surface area (Å²) in [6.07, 6.45) is 5.05. The maximum atomic E-state index is 13.0. The van der Waals surface area contributed by atoms with Crippen LogP contribution in [0, 0.1) is 5.82 Å². The van der Waals surface area contributed by atoms with Crippen molar-refractivity contribution in [3.63, 3.8) is 0 Å². The Balaban J connectivity index is 1.92. The van der Waals surface area contributed by atoms with Crippen molar-refractivity contribution in [3.05, 3.63) is 62.0 Å². The fraction of sp³-hybridized carbons (Fsp3) is 0.389. The number of aliphatic imine (C=N–C) groups is 1. The Kier molecular flexibility index (Phi) is 5.32. The van der Waals surface area contributed by atoms with Gasteiger partial charge in [0.25, 0.3) is 5.56 Å². The number of hydrogen-bond donors (Lipinski definition) is 3. The zero-order valence-electron chi connectivity index (χ0n) is 14.2. The standard InChI is InChI=1S/C18H21FN4O3/c19-12-7-5-11(6-8-12)10-23-17(25)13(16(24)22-18(23)26)9-21-15-4-2-1-3-14(15)20/h5-9,14-15,25H,1-4,10,20H2,(H,22,24,26)/t14-,15+/m0/s1. The van der Waals surface area contributed by atoms with Crippen molar-refractivity contribution in [2.75, 3.05) is 0 Å². The lowest BCUT2D eigenvalue weighted by Crippen LogP contribution is -2.36. The van der Waals surface area contributed by atoms with Crippen LogP contribution in [0.2, 0.25) is 0 Å². The molecule has 1 saturated carbocycles. The first-order valence-corrected chi connectivity index (χ1v) is 8.55. The predicted octanol–water partition coefficient (Wildman–Crippen LogP) is 1.12. The molecular weight excluding hydrogens is 339 g/mol. The summed E-state index contributed by atoms with van der Waals surface area (Å²) < 4.78 is 14.0. The molecule has 0 amide bonds. The molecule has 8 heteroatoms. The second kappa shape index (κ2) is 7.65. The maximum Gasteiger partial charge on any atom is 0.331 e. The van der Waals surface area contributed by atoms with E-state index >= 15 is 0 Å². The van der Waals surface area contributed by atoms with Crippen molar-refractivity contribution >= 4 is 6.21 Å². The molecule has 2 atom stereocenters. The molecular formula is C18H21FN4O3. The van der Waals surface area contributed by atoms with Crippen LogP contribution in [0.4, 0.5) is 4.39 Å². The van der Waals surface area contributed by atoms with E-state index in [1.54, 1.807) is 0 Å². The summed E-state index contributed by atoms with van der Waals surface area (Å²) in [4.78, 5) is 30.6. The van der Waals surface area contributed by atoms with Crippen LogP contribution in [0.3, 0.4) is 0 Å². The molecule has 0 spiro atoms. The molecule has 138 valence electrons. The molecule has 7 nitrogen and oxygen atoms in total. The molecule has 0 bridgehead atoms. The summed E-state index contributed by atoms with van der Waals surface area (Å²) in [5, 5.41) is 10.4. The third-order valence-electron chi connectivity index (χ3n) is 4.64. The highest BCUT2D eigenvalue weighted by molar-refractivity contribution is 5.82. The van der Waals surface area contributed by atoms with Crippen LogP contribution in [-0.4, -0.2) is 33.0 Å². The van der Waals surface area contributed by atoms with Gasteiger partial charge in [0, 0.05) is 12.3 Å². The predicted molar refractivity (Wildman–Crippen MR) is 96.3 cm³/mol. The van der Waals surface area contributed by atoms with Gasteiger partial charge in [0.1, 0.15) is 11.4 Å². The number of nitrogens with two attached hydrogens (primary N) is 1. The Morgan fingerprint density at radius 3 is 2.65 bits per heavy atom. The van der Waals surface area contributed by atoms with Gasteiger partial charge in [0.2, 0.25) is 5.88 Å². The van der Waals surface area contributed by atoms with Gasteiger partial charge >= 0.3 is 5.69 Å². The number of aromatic hydroxyl groups is 1. The molecule has 2 aromatic rings. The first-order valence-electron chi connectivity index (χ1n) is 8.55. The highest BCUT2D eigenvalue weighted by Crippen LogP contribution is 2.20. The quantitative estimate of drug-likeness (QED) is 0.709. The van der Waals surface area contributed by atoms with E-state index in [0.29, 0.717) is 5.56 Å². The highest BCUT2D eigenvalue weighted by atomic mass is 19.1. The smallest absolute Gasteiger partial charge is 0.331 e. The lowest BCUT2D eigenvalue weighted by molar-refractivity contribution is 0.386. The van der Waals surface area contributed by atoms with E-state index in [-0.39, 0.29) is 24.2 Å². The minimum atomic E-state index is -0.747. The minimum absolute atomic E-state index is 0.00842. The molecule has 1 aliphatic rings. The first kappa shape index (κ1) is 18.1. The van der Waals surface area contributed by atoms with Crippen molar-refractivity contribution in [2.24, 2.45) is 10.7 Å². The summed E-state index contributed by atoms with van der Waals surface area (Å²) in [6.45, 7) is -0.00842. The van der Waals surface area contributed by atoms with E-state index in [0.717, 1.165) is 30.3 Å². The molecule has 1 heterocycles. The third-order valence-corrected chi connectivity index (χ3v) is 4.64. The number of aromatic amines is 1. The number of hydrogen-bond acceptors (Lipinski definition) is 5. The molecule has 1 aromatic carbocycles. The van der Waals surface area contributed by atoms with Crippen LogP contribution in [0.15, 0.2) is 38.8 Å². The van der Waals surface area contributed by atoms with Gasteiger partial charge in [0.15, 0.2) is 0 Å². The van der Waals surface area contributed by atoms with E-state index in [2.05, 4.69) is 9.98 Å². The number of nitrogens with one attached hydrogen (secondary N) is 1. The van der Waals surface area contributed by atoms with Crippen molar-refractivity contribution in [1.29, 1.82) is 0 Å². The molecule has 26 heavy (non-hydrogen) atoms. The highest BCUT2D eigenvalue weighted by Gasteiger charge is 2.21. The minimum Gasteiger partial charge on any atom is -0.494 e. The van der Waals surface area contributed by atoms with Crippen LogP contribution in [0.25, 0.3) is 0 Å². The molecule has 1 aromatic heterocycles. The zero-order valence-corrected chi connectivity index (χ0v) is 14.2. The molecule has 3 rings (SSSR count). The number of benzene rings is 1. The summed E-state index contributed by atoms with van der Waals surface area (Å²) in [5.41, 5.74) is 5.09. The maximum absolute atomic E-state index is 13.0. The lowest BCUT2D eigenvalue weighted by atomic mass is 9.91. The van der Waals surface area contributed by atoms with Crippen LogP contribution in [0.5, 0.6) is 5.88 Å². The van der Waals surface area contributed by atoms with Crippen LogP contribution in [-0.2, 0) is 6.54 Å². The van der Waals surface area contributed by atoms with Crippen LogP contribution < -0.4 is 17.0 Å². The van der Waals surface area contributed by atoms with Crippen molar-refractivity contribution in [3.8, 4) is 5.88 Å². The molecule has 0 saturated heterocycles. The van der Waals surface area contributed by atoms with Crippen LogP contribution >= 0.6 is 0 Å². The fourth-order valence-corrected chi connectivity index (χ4v) is 3.11. The first-order chi connectivity index (χ1) is 12.5. The topological polar surface area (TPSA) is 113 Å². The fourth-order valence-electron chi connectivity index (χ4n) is 3.11. The number of H-pyrrole nitrogens is 1. The molecule has 0 unspecified atom stereocenters. The number of rotatable bonds is 4. The Morgan fingerprint density at radius 2 is 1.96 bits per heavy atom. The molecule has 0 aliphatic heterocycles. The van der Waals surface area contributed by atoms with Crippen molar-refractivity contribution in [2.45, 2.75) is 44.3 Å². The van der Waals surface area contributed by atoms with Crippen LogP contribution in [0.1, 0.15) is 36.8 Å². The van der Waals surface area contributed by atoms with Gasteiger partial charge in [-0.2, -0.15) is 0 Å². The monoisotopic (exact) mass is 360 g/mol. The van der Waals surface area contributed by atoms with E-state index in [4.69, 9.17) is 5.73 Å². The Bertz CT molecular complexity index is 918. The summed E-state index contributed by atoms with van der Waals surface area (Å²) in [5.74, 6) is -0.875. The Hall–Kier alpha value is -2.74. The van der Waals surface area contributed by atoms with E-state index in [9.17, 15) is 19.1 Å². The van der Waals surface area contributed by atoms with E-state index < -0.39 is 22.9 Å². The SMILES string of the molecule is N[C@H]1CCCC[C@H]1N=Cc1c(O)n(Cc2ccc(F)cc2)c(=O)[nH]c1=O. The molecule has 4 N–H and O–H groups in total. The van der Waals surface area contributed by atoms with E-state index in [1.807, 2.05) is 0 Å². The molecule has 1 fully saturated rings. The van der Waals surface area contributed by atoms with E-state index in [1.165, 1.54) is 30.5 Å². The van der Waals surface area contributed by atoms with Gasteiger partial charge in [-0.25, -0.2) is 9.18 Å². The average Bonchev–Trinajstić information content (AvgIpc) is 2.61. The number of aromatic nitrogens is 2. The lowest BCUT2D eigenvalue weighted by Gasteiger charge is -2.24. The van der Waals surface area contributed by atoms with Gasteiger partial charge in [-0.15, -0.1) is 0 Å². The summed E-state index contributed by atoms with van der Waals surface area (Å²) in [7, 11) is 0. The Labute approximate surface area is 149 Å². The second-order valence-corrected chi connectivity index (χ2v) is 6.50. The molecule has 0 radical (unpaired) electrons. The van der Waals surface area contributed by atoms with Gasteiger partial charge in [-0.05, 0) is 30.5 Å². The number of halogens is 1. The van der Waals surface area contributed by atoms with Gasteiger partial charge in [-0.3, -0.25) is 19.3 Å². The van der Waals surface area contributed by atoms with Gasteiger partial charge < -0.3 is 10.8 Å². The summed E-state index contributed by atoms with van der Waals surface area (Å²) >= 11 is 0. The Morgan fingerprint density at radius 1 is 1.27 bits per heavy atom. The van der Waals surface area contributed by atoms with Gasteiger partial charge in [-0.1, -0.05) is 25.0 Å². The third kappa shape index (κ3) is 3.91. The zero-order chi connectivity index (χ0) is 18.7. The normalized spacial score (nSPS) is 20.5. The van der Waals surface area contributed by atoms with Gasteiger partial charge in [0.05, 0.1) is 12.6 Å². The average molecular weight is 360 g/mol. The van der Waals surface area contributed by atoms with Crippen molar-refractivity contribution in [1.82, 2.24) is 9.55 Å². The largest absolute Gasteiger partial charge is 0.494 e. The summed E-state index contributed by atoms with van der Waals surface area (Å²) in [6, 6.07) is 5.33. The second-order valence-electron chi connectivity index (χ2n) is 6.50. The number of nitrogens with zero attached hydrogens (tertiary/aromatic N) is 2. The van der Waals surface area contributed by atoms with Crippen molar-refractivity contribution < 1.29 is 9.50 Å².